The standard InChI is InChI=1S/C30H35FN4O5/c1-3-39-28(37)16-20-10-12-34(13-11-20)29(38)25-17-22(31)18-35(25)27(36)15-21-8-9-24-26(14-21)40-30(33-24)32-23-7-5-4-6-19(23)2/h4-9,14,20,22,25H,3,10-13,15-18H2,1-2H3,(H,32,33)/t22-,25-/m0/s1. The number of carbonyl (C=O) groups is 3. The maximum Gasteiger partial charge on any atom is 0.306 e. The minimum absolute atomic E-state index is 0.00238. The van der Waals surface area contributed by atoms with Crippen LogP contribution >= 0.6 is 0 Å². The number of anilines is 2. The zero-order valence-electron chi connectivity index (χ0n) is 22.9. The number of para-hydroxylation sites is 1. The lowest BCUT2D eigenvalue weighted by Gasteiger charge is -2.35. The number of amides is 2. The van der Waals surface area contributed by atoms with Crippen molar-refractivity contribution in [3.63, 3.8) is 0 Å². The Morgan fingerprint density at radius 2 is 1.93 bits per heavy atom. The van der Waals surface area contributed by atoms with Crippen LogP contribution in [0.5, 0.6) is 0 Å². The van der Waals surface area contributed by atoms with Gasteiger partial charge in [-0.3, -0.25) is 14.4 Å². The number of hydrogen-bond donors (Lipinski definition) is 1. The molecule has 0 aliphatic carbocycles. The van der Waals surface area contributed by atoms with E-state index in [9.17, 15) is 18.8 Å². The number of esters is 1. The lowest BCUT2D eigenvalue weighted by Crippen LogP contribution is -2.50. The molecule has 0 radical (unpaired) electrons. The number of ether oxygens (including phenoxy) is 1. The number of nitrogens with one attached hydrogen (secondary N) is 1. The van der Waals surface area contributed by atoms with Crippen LogP contribution in [0.2, 0.25) is 0 Å². The lowest BCUT2D eigenvalue weighted by molar-refractivity contribution is -0.146. The maximum atomic E-state index is 14.5. The fraction of sp³-hybridized carbons (Fsp3) is 0.467. The smallest absolute Gasteiger partial charge is 0.306 e. The van der Waals surface area contributed by atoms with Gasteiger partial charge in [0.1, 0.15) is 17.7 Å². The van der Waals surface area contributed by atoms with E-state index in [1.807, 2.05) is 31.2 Å². The Hall–Kier alpha value is -3.95. The molecule has 2 aromatic carbocycles. The van der Waals surface area contributed by atoms with Crippen molar-refractivity contribution >= 4 is 40.6 Å². The van der Waals surface area contributed by atoms with Gasteiger partial charge >= 0.3 is 5.97 Å². The summed E-state index contributed by atoms with van der Waals surface area (Å²) < 4.78 is 25.4. The predicted molar refractivity (Wildman–Crippen MR) is 148 cm³/mol. The molecule has 0 bridgehead atoms. The molecule has 212 valence electrons. The number of aryl methyl sites for hydroxylation is 1. The Morgan fingerprint density at radius 1 is 1.15 bits per heavy atom. The van der Waals surface area contributed by atoms with E-state index in [0.29, 0.717) is 61.6 Å². The first-order valence-electron chi connectivity index (χ1n) is 13.9. The number of piperidine rings is 1. The number of rotatable bonds is 8. The van der Waals surface area contributed by atoms with Crippen LogP contribution in [0.1, 0.15) is 43.7 Å². The quantitative estimate of drug-likeness (QED) is 0.410. The molecule has 2 aliphatic heterocycles. The van der Waals surface area contributed by atoms with Gasteiger partial charge in [-0.25, -0.2) is 4.39 Å². The molecule has 40 heavy (non-hydrogen) atoms. The molecule has 3 aromatic rings. The molecule has 2 saturated heterocycles. The monoisotopic (exact) mass is 550 g/mol. The van der Waals surface area contributed by atoms with Crippen molar-refractivity contribution in [2.24, 2.45) is 5.92 Å². The highest BCUT2D eigenvalue weighted by atomic mass is 19.1. The molecule has 2 amide bonds. The normalized spacial score (nSPS) is 19.7. The molecular weight excluding hydrogens is 515 g/mol. The Kier molecular flexibility index (Phi) is 8.32. The maximum absolute atomic E-state index is 14.5. The van der Waals surface area contributed by atoms with Gasteiger partial charge in [0.05, 0.1) is 19.6 Å². The number of benzene rings is 2. The van der Waals surface area contributed by atoms with Gasteiger partial charge in [0, 0.05) is 31.6 Å². The Balaban J connectivity index is 1.21. The molecule has 0 spiro atoms. The van der Waals surface area contributed by atoms with Gasteiger partial charge in [-0.15, -0.1) is 0 Å². The zero-order valence-corrected chi connectivity index (χ0v) is 22.9. The van der Waals surface area contributed by atoms with Crippen molar-refractivity contribution in [1.29, 1.82) is 0 Å². The van der Waals surface area contributed by atoms with Crippen LogP contribution in [0.25, 0.3) is 11.1 Å². The largest absolute Gasteiger partial charge is 0.466 e. The van der Waals surface area contributed by atoms with Gasteiger partial charge in [-0.05, 0) is 61.9 Å². The summed E-state index contributed by atoms with van der Waals surface area (Å²) >= 11 is 0. The molecule has 0 saturated carbocycles. The third kappa shape index (κ3) is 6.26. The molecule has 5 rings (SSSR count). The topological polar surface area (TPSA) is 105 Å². The van der Waals surface area contributed by atoms with E-state index in [1.165, 1.54) is 4.90 Å². The summed E-state index contributed by atoms with van der Waals surface area (Å²) in [5.74, 6) is -0.576. The number of hydrogen-bond acceptors (Lipinski definition) is 7. The summed E-state index contributed by atoms with van der Waals surface area (Å²) in [4.78, 5) is 46.0. The number of aromatic nitrogens is 1. The molecule has 2 fully saturated rings. The highest BCUT2D eigenvalue weighted by molar-refractivity contribution is 5.90. The van der Waals surface area contributed by atoms with E-state index in [2.05, 4.69) is 10.3 Å². The molecule has 1 N–H and O–H groups in total. The van der Waals surface area contributed by atoms with E-state index >= 15 is 0 Å². The summed E-state index contributed by atoms with van der Waals surface area (Å²) in [5, 5.41) is 3.18. The second-order valence-corrected chi connectivity index (χ2v) is 10.6. The van der Waals surface area contributed by atoms with Gasteiger partial charge in [-0.1, -0.05) is 24.3 Å². The molecule has 0 unspecified atom stereocenters. The highest BCUT2D eigenvalue weighted by Crippen LogP contribution is 2.28. The van der Waals surface area contributed by atoms with E-state index < -0.39 is 12.2 Å². The minimum Gasteiger partial charge on any atom is -0.466 e. The van der Waals surface area contributed by atoms with Crippen LogP contribution in [-0.2, 0) is 25.5 Å². The van der Waals surface area contributed by atoms with Crippen LogP contribution in [0.15, 0.2) is 46.9 Å². The fourth-order valence-electron chi connectivity index (χ4n) is 5.56. The van der Waals surface area contributed by atoms with E-state index in [1.54, 1.807) is 30.0 Å². The zero-order chi connectivity index (χ0) is 28.2. The van der Waals surface area contributed by atoms with Crippen molar-refractivity contribution in [2.45, 2.75) is 58.2 Å². The molecule has 10 heteroatoms. The molecular formula is C30H35FN4O5. The number of alkyl halides is 1. The van der Waals surface area contributed by atoms with Crippen LogP contribution in [0, 0.1) is 12.8 Å². The van der Waals surface area contributed by atoms with Crippen LogP contribution in [-0.4, -0.2) is 71.0 Å². The Morgan fingerprint density at radius 3 is 2.67 bits per heavy atom. The summed E-state index contributed by atoms with van der Waals surface area (Å²) in [6, 6.07) is 12.7. The van der Waals surface area contributed by atoms with Crippen molar-refractivity contribution in [1.82, 2.24) is 14.8 Å². The number of carbonyl (C=O) groups excluding carboxylic acids is 3. The first-order valence-corrected chi connectivity index (χ1v) is 13.9. The van der Waals surface area contributed by atoms with Crippen molar-refractivity contribution in [3.8, 4) is 0 Å². The van der Waals surface area contributed by atoms with E-state index in [0.717, 1.165) is 11.3 Å². The number of nitrogens with zero attached hydrogens (tertiary/aromatic N) is 3. The molecule has 9 nitrogen and oxygen atoms in total. The number of halogens is 1. The van der Waals surface area contributed by atoms with Crippen LogP contribution < -0.4 is 5.32 Å². The number of likely N-dealkylation sites (tertiary alicyclic amines) is 2. The number of fused-ring (bicyclic) bond motifs is 1. The fourth-order valence-corrected chi connectivity index (χ4v) is 5.56. The van der Waals surface area contributed by atoms with Crippen molar-refractivity contribution in [2.75, 3.05) is 31.6 Å². The van der Waals surface area contributed by atoms with E-state index in [-0.39, 0.29) is 43.1 Å². The Bertz CT molecular complexity index is 1380. The van der Waals surface area contributed by atoms with Gasteiger partial charge in [0.15, 0.2) is 5.58 Å². The number of oxazole rings is 1. The second kappa shape index (κ2) is 12.1. The van der Waals surface area contributed by atoms with Gasteiger partial charge in [0.25, 0.3) is 6.01 Å². The first kappa shape index (κ1) is 27.6. The molecule has 2 aliphatic rings. The SMILES string of the molecule is CCOC(=O)CC1CCN(C(=O)[C@@H]2C[C@H](F)CN2C(=O)Cc2ccc3nc(Nc4ccccc4C)oc3c2)CC1. The van der Waals surface area contributed by atoms with Crippen LogP contribution in [0.4, 0.5) is 16.1 Å². The summed E-state index contributed by atoms with van der Waals surface area (Å²) in [6.07, 6.45) is 0.489. The summed E-state index contributed by atoms with van der Waals surface area (Å²) in [6.45, 7) is 4.99. The van der Waals surface area contributed by atoms with Crippen molar-refractivity contribution in [3.05, 3.63) is 53.6 Å². The molecule has 3 heterocycles. The lowest BCUT2D eigenvalue weighted by atomic mass is 9.93. The predicted octanol–water partition coefficient (Wildman–Crippen LogP) is 4.55. The van der Waals surface area contributed by atoms with Crippen LogP contribution in [0.3, 0.4) is 0 Å². The van der Waals surface area contributed by atoms with Crippen molar-refractivity contribution < 1.29 is 27.9 Å². The van der Waals surface area contributed by atoms with Gasteiger partial charge < -0.3 is 24.3 Å². The Labute approximate surface area is 232 Å². The first-order chi connectivity index (χ1) is 19.3. The average molecular weight is 551 g/mol. The summed E-state index contributed by atoms with van der Waals surface area (Å²) in [7, 11) is 0. The third-order valence-corrected chi connectivity index (χ3v) is 7.74. The highest BCUT2D eigenvalue weighted by Gasteiger charge is 2.42. The second-order valence-electron chi connectivity index (χ2n) is 10.6. The van der Waals surface area contributed by atoms with E-state index in [4.69, 9.17) is 9.15 Å². The minimum atomic E-state index is -1.24. The third-order valence-electron chi connectivity index (χ3n) is 7.74. The molecule has 1 aromatic heterocycles. The summed E-state index contributed by atoms with van der Waals surface area (Å²) in [5.41, 5.74) is 3.82. The average Bonchev–Trinajstić information content (AvgIpc) is 3.52. The molecule has 2 atom stereocenters. The van der Waals surface area contributed by atoms with Gasteiger partial charge in [0.2, 0.25) is 11.8 Å². The van der Waals surface area contributed by atoms with Gasteiger partial charge in [-0.2, -0.15) is 4.98 Å².